The van der Waals surface area contributed by atoms with Gasteiger partial charge in [-0.2, -0.15) is 0 Å². The lowest BCUT2D eigenvalue weighted by molar-refractivity contribution is -0.124. The van der Waals surface area contributed by atoms with Gasteiger partial charge in [-0.3, -0.25) is 10.1 Å². The number of nitrogens with zero attached hydrogens (tertiary/aromatic N) is 1. The molecule has 1 aliphatic rings. The molecule has 1 fully saturated rings. The Labute approximate surface area is 169 Å². The molecule has 1 atom stereocenters. The van der Waals surface area contributed by atoms with E-state index in [4.69, 9.17) is 5.11 Å². The molecule has 1 aliphatic carbocycles. The van der Waals surface area contributed by atoms with Gasteiger partial charge < -0.3 is 10.0 Å². The van der Waals surface area contributed by atoms with Gasteiger partial charge >= 0.3 is 6.09 Å². The van der Waals surface area contributed by atoms with Gasteiger partial charge in [-0.25, -0.2) is 4.79 Å². The van der Waals surface area contributed by atoms with Crippen LogP contribution in [0.15, 0.2) is 24.3 Å². The first-order chi connectivity index (χ1) is 13.5. The number of Topliss-reactive ketones (excluding diaryl/α,β-unsaturated/α-hetero) is 1. The SMILES string of the molecule is CCCN(CCCC(=O)C1CCCCC1)C(C)Cc1ccc(NC(=O)O)cc1. The Bertz CT molecular complexity index is 609. The third-order valence-corrected chi connectivity index (χ3v) is 5.80. The highest BCUT2D eigenvalue weighted by Crippen LogP contribution is 2.25. The van der Waals surface area contributed by atoms with Crippen LogP contribution in [0.1, 0.15) is 70.8 Å². The van der Waals surface area contributed by atoms with E-state index in [9.17, 15) is 9.59 Å². The van der Waals surface area contributed by atoms with Crippen molar-refractivity contribution in [2.45, 2.75) is 77.7 Å². The van der Waals surface area contributed by atoms with Crippen molar-refractivity contribution in [1.82, 2.24) is 4.90 Å². The van der Waals surface area contributed by atoms with Crippen LogP contribution in [0.5, 0.6) is 0 Å². The normalized spacial score (nSPS) is 16.1. The zero-order chi connectivity index (χ0) is 20.4. The summed E-state index contributed by atoms with van der Waals surface area (Å²) >= 11 is 0. The second-order valence-corrected chi connectivity index (χ2v) is 8.12. The molecule has 28 heavy (non-hydrogen) atoms. The monoisotopic (exact) mass is 388 g/mol. The molecule has 2 N–H and O–H groups in total. The molecule has 1 amide bonds. The van der Waals surface area contributed by atoms with E-state index in [1.165, 1.54) is 24.8 Å². The smallest absolute Gasteiger partial charge is 0.409 e. The molecule has 1 aromatic rings. The summed E-state index contributed by atoms with van der Waals surface area (Å²) in [5.41, 5.74) is 1.79. The Morgan fingerprint density at radius 1 is 1.14 bits per heavy atom. The van der Waals surface area contributed by atoms with Gasteiger partial charge in [0.05, 0.1) is 0 Å². The van der Waals surface area contributed by atoms with E-state index < -0.39 is 6.09 Å². The average molecular weight is 389 g/mol. The van der Waals surface area contributed by atoms with Crippen LogP contribution in [0.3, 0.4) is 0 Å². The van der Waals surface area contributed by atoms with E-state index in [-0.39, 0.29) is 0 Å². The van der Waals surface area contributed by atoms with Crippen molar-refractivity contribution in [2.75, 3.05) is 18.4 Å². The van der Waals surface area contributed by atoms with E-state index in [0.29, 0.717) is 29.9 Å². The highest BCUT2D eigenvalue weighted by Gasteiger charge is 2.21. The van der Waals surface area contributed by atoms with Gasteiger partial charge in [-0.1, -0.05) is 38.3 Å². The first kappa shape index (κ1) is 22.4. The van der Waals surface area contributed by atoms with Crippen molar-refractivity contribution >= 4 is 17.6 Å². The van der Waals surface area contributed by atoms with Crippen molar-refractivity contribution in [2.24, 2.45) is 5.92 Å². The number of hydrogen-bond donors (Lipinski definition) is 2. The Morgan fingerprint density at radius 2 is 1.82 bits per heavy atom. The average Bonchev–Trinajstić information content (AvgIpc) is 2.69. The Kier molecular flexibility index (Phi) is 9.48. The van der Waals surface area contributed by atoms with E-state index in [0.717, 1.165) is 45.2 Å². The standard InChI is InChI=1S/C23H36N2O3/c1-3-15-25(16-7-10-22(26)20-8-5-4-6-9-20)18(2)17-19-11-13-21(14-12-19)24-23(27)28/h11-14,18,20,24H,3-10,15-17H2,1-2H3,(H,27,28). The minimum atomic E-state index is -1.04. The lowest BCUT2D eigenvalue weighted by Crippen LogP contribution is -2.36. The van der Waals surface area contributed by atoms with Crippen molar-refractivity contribution in [1.29, 1.82) is 0 Å². The fraction of sp³-hybridized carbons (Fsp3) is 0.652. The van der Waals surface area contributed by atoms with Crippen molar-refractivity contribution in [3.8, 4) is 0 Å². The maximum atomic E-state index is 12.4. The second-order valence-electron chi connectivity index (χ2n) is 8.12. The van der Waals surface area contributed by atoms with Crippen molar-refractivity contribution in [3.63, 3.8) is 0 Å². The molecule has 0 saturated heterocycles. The summed E-state index contributed by atoms with van der Waals surface area (Å²) in [6.45, 7) is 6.44. The number of rotatable bonds is 11. The molecule has 5 heteroatoms. The number of nitrogens with one attached hydrogen (secondary N) is 1. The van der Waals surface area contributed by atoms with Crippen molar-refractivity contribution in [3.05, 3.63) is 29.8 Å². The van der Waals surface area contributed by atoms with Crippen LogP contribution in [0.25, 0.3) is 0 Å². The number of amides is 1. The molecular formula is C23H36N2O3. The molecule has 0 aliphatic heterocycles. The first-order valence-electron chi connectivity index (χ1n) is 10.8. The minimum Gasteiger partial charge on any atom is -0.465 e. The number of ketones is 1. The summed E-state index contributed by atoms with van der Waals surface area (Å²) in [6.07, 6.45) is 8.56. The Morgan fingerprint density at radius 3 is 2.43 bits per heavy atom. The van der Waals surface area contributed by atoms with E-state index in [1.54, 1.807) is 0 Å². The predicted molar refractivity (Wildman–Crippen MR) is 114 cm³/mol. The van der Waals surface area contributed by atoms with Gasteiger partial charge in [0.1, 0.15) is 5.78 Å². The van der Waals surface area contributed by atoms with Gasteiger partial charge in [0.15, 0.2) is 0 Å². The van der Waals surface area contributed by atoms with Crippen LogP contribution < -0.4 is 5.32 Å². The molecule has 156 valence electrons. The summed E-state index contributed by atoms with van der Waals surface area (Å²) in [6, 6.07) is 7.98. The molecule has 1 aromatic carbocycles. The zero-order valence-corrected chi connectivity index (χ0v) is 17.5. The number of hydrogen-bond acceptors (Lipinski definition) is 3. The van der Waals surface area contributed by atoms with Gasteiger partial charge in [-0.05, 0) is 69.8 Å². The molecule has 1 unspecified atom stereocenters. The van der Waals surface area contributed by atoms with Crippen LogP contribution in [0.4, 0.5) is 10.5 Å². The van der Waals surface area contributed by atoms with Gasteiger partial charge in [0.25, 0.3) is 0 Å². The van der Waals surface area contributed by atoms with Crippen LogP contribution in [-0.4, -0.2) is 41.0 Å². The fourth-order valence-electron chi connectivity index (χ4n) is 4.24. The maximum absolute atomic E-state index is 12.4. The number of anilines is 1. The number of carbonyl (C=O) groups is 2. The molecule has 0 radical (unpaired) electrons. The second kappa shape index (κ2) is 11.8. The van der Waals surface area contributed by atoms with Gasteiger partial charge in [0.2, 0.25) is 0 Å². The highest BCUT2D eigenvalue weighted by atomic mass is 16.4. The lowest BCUT2D eigenvalue weighted by atomic mass is 9.85. The molecule has 0 aromatic heterocycles. The Balaban J connectivity index is 1.80. The third kappa shape index (κ3) is 7.63. The topological polar surface area (TPSA) is 69.6 Å². The van der Waals surface area contributed by atoms with Crippen LogP contribution >= 0.6 is 0 Å². The van der Waals surface area contributed by atoms with Crippen LogP contribution in [0, 0.1) is 5.92 Å². The lowest BCUT2D eigenvalue weighted by Gasteiger charge is -2.29. The predicted octanol–water partition coefficient (Wildman–Crippen LogP) is 5.35. The maximum Gasteiger partial charge on any atom is 0.409 e. The fourth-order valence-corrected chi connectivity index (χ4v) is 4.24. The summed E-state index contributed by atoms with van der Waals surface area (Å²) in [5, 5.41) is 11.1. The number of benzene rings is 1. The summed E-state index contributed by atoms with van der Waals surface area (Å²) in [5.74, 6) is 0.800. The molecule has 0 spiro atoms. The molecule has 5 nitrogen and oxygen atoms in total. The number of carboxylic acid groups (broad SMARTS) is 1. The first-order valence-corrected chi connectivity index (χ1v) is 10.8. The molecule has 2 rings (SSSR count). The molecular weight excluding hydrogens is 352 g/mol. The third-order valence-electron chi connectivity index (χ3n) is 5.80. The summed E-state index contributed by atoms with van der Waals surface area (Å²) in [7, 11) is 0. The summed E-state index contributed by atoms with van der Waals surface area (Å²) in [4.78, 5) is 25.6. The molecule has 0 bridgehead atoms. The van der Waals surface area contributed by atoms with E-state index >= 15 is 0 Å². The van der Waals surface area contributed by atoms with E-state index in [1.807, 2.05) is 24.3 Å². The van der Waals surface area contributed by atoms with Gasteiger partial charge in [-0.15, -0.1) is 0 Å². The molecule has 0 heterocycles. The highest BCUT2D eigenvalue weighted by molar-refractivity contribution is 5.82. The largest absolute Gasteiger partial charge is 0.465 e. The quantitative estimate of drug-likeness (QED) is 0.536. The van der Waals surface area contributed by atoms with Gasteiger partial charge in [0, 0.05) is 24.1 Å². The number of carbonyl (C=O) groups excluding carboxylic acids is 1. The van der Waals surface area contributed by atoms with Crippen LogP contribution in [-0.2, 0) is 11.2 Å². The van der Waals surface area contributed by atoms with E-state index in [2.05, 4.69) is 24.1 Å². The van der Waals surface area contributed by atoms with Crippen LogP contribution in [0.2, 0.25) is 0 Å². The zero-order valence-electron chi connectivity index (χ0n) is 17.5. The van der Waals surface area contributed by atoms with Crippen molar-refractivity contribution < 1.29 is 14.7 Å². The minimum absolute atomic E-state index is 0.323. The Hall–Kier alpha value is -1.88. The molecule has 1 saturated carbocycles. The summed E-state index contributed by atoms with van der Waals surface area (Å²) < 4.78 is 0.